The van der Waals surface area contributed by atoms with Crippen LogP contribution < -0.4 is 5.32 Å². The van der Waals surface area contributed by atoms with Crippen LogP contribution in [0.25, 0.3) is 0 Å². The van der Waals surface area contributed by atoms with Gasteiger partial charge in [-0.15, -0.1) is 0 Å². The van der Waals surface area contributed by atoms with E-state index in [2.05, 4.69) is 15.1 Å². The molecule has 2 aliphatic carbocycles. The highest BCUT2D eigenvalue weighted by molar-refractivity contribution is 5.95. The van der Waals surface area contributed by atoms with Crippen LogP contribution in [0.15, 0.2) is 24.3 Å². The van der Waals surface area contributed by atoms with E-state index in [1.165, 1.54) is 25.7 Å². The molecule has 1 atom stereocenters. The monoisotopic (exact) mass is 397 g/mol. The van der Waals surface area contributed by atoms with Crippen LogP contribution in [0.4, 0.5) is 5.69 Å². The number of benzene rings is 1. The molecule has 1 saturated heterocycles. The zero-order valence-electron chi connectivity index (χ0n) is 17.7. The quantitative estimate of drug-likeness (QED) is 0.822. The number of carbonyl (C=O) groups excluding carboxylic acids is 2. The van der Waals surface area contributed by atoms with Crippen molar-refractivity contribution in [3.63, 3.8) is 0 Å². The van der Waals surface area contributed by atoms with Crippen molar-refractivity contribution in [2.75, 3.05) is 31.5 Å². The van der Waals surface area contributed by atoms with Crippen LogP contribution in [0.2, 0.25) is 0 Å². The Morgan fingerprint density at radius 1 is 0.966 bits per heavy atom. The molecular weight excluding hydrogens is 362 g/mol. The minimum absolute atomic E-state index is 0.0817. The summed E-state index contributed by atoms with van der Waals surface area (Å²) in [7, 11) is 0. The topological polar surface area (TPSA) is 52.7 Å². The van der Waals surface area contributed by atoms with Crippen LogP contribution in [-0.4, -0.2) is 53.8 Å². The van der Waals surface area contributed by atoms with E-state index in [0.29, 0.717) is 11.8 Å². The van der Waals surface area contributed by atoms with Gasteiger partial charge in [-0.1, -0.05) is 37.8 Å². The summed E-state index contributed by atoms with van der Waals surface area (Å²) in [5.74, 6) is 1.15. The maximum Gasteiger partial charge on any atom is 0.242 e. The Hall–Kier alpha value is -1.88. The summed E-state index contributed by atoms with van der Waals surface area (Å²) in [6.07, 6.45) is 9.21. The standard InChI is InChI=1S/C24H35N3O2/c1-18-7-6-12-21(17-18)25-23(28)22(19-8-2-3-9-19)26-13-15-27(16-14-26)24(29)20-10-4-5-11-20/h6-7,12,17,19-20,22H,2-5,8-11,13-16H2,1H3,(H,25,28). The van der Waals surface area contributed by atoms with Crippen LogP contribution in [-0.2, 0) is 9.59 Å². The lowest BCUT2D eigenvalue weighted by Crippen LogP contribution is -2.57. The SMILES string of the molecule is Cc1cccc(NC(=O)C(C2CCCC2)N2CCN(C(=O)C3CCCC3)CC2)c1. The Labute approximate surface area is 174 Å². The minimum Gasteiger partial charge on any atom is -0.340 e. The number of anilines is 1. The fraction of sp³-hybridized carbons (Fsp3) is 0.667. The first-order valence-corrected chi connectivity index (χ1v) is 11.5. The summed E-state index contributed by atoms with van der Waals surface area (Å²) in [5, 5.41) is 3.17. The maximum absolute atomic E-state index is 13.3. The molecule has 5 heteroatoms. The molecule has 0 aromatic heterocycles. The van der Waals surface area contributed by atoms with Gasteiger partial charge < -0.3 is 10.2 Å². The van der Waals surface area contributed by atoms with Crippen LogP contribution in [0.3, 0.4) is 0 Å². The summed E-state index contributed by atoms with van der Waals surface area (Å²) in [5.41, 5.74) is 2.03. The molecular formula is C24H35N3O2. The van der Waals surface area contributed by atoms with Crippen molar-refractivity contribution in [1.82, 2.24) is 9.80 Å². The summed E-state index contributed by atoms with van der Waals surface area (Å²) in [6.45, 7) is 5.18. The smallest absolute Gasteiger partial charge is 0.242 e. The average Bonchev–Trinajstić information content (AvgIpc) is 3.43. The third kappa shape index (κ3) is 4.82. The predicted octanol–water partition coefficient (Wildman–Crippen LogP) is 3.83. The molecule has 1 N–H and O–H groups in total. The molecule has 4 rings (SSSR count). The van der Waals surface area contributed by atoms with Gasteiger partial charge in [0.1, 0.15) is 0 Å². The second kappa shape index (κ2) is 9.29. The van der Waals surface area contributed by atoms with Gasteiger partial charge in [-0.25, -0.2) is 0 Å². The van der Waals surface area contributed by atoms with E-state index in [9.17, 15) is 9.59 Å². The molecule has 3 fully saturated rings. The van der Waals surface area contributed by atoms with Gasteiger partial charge in [0.15, 0.2) is 0 Å². The van der Waals surface area contributed by atoms with Crippen molar-refractivity contribution in [1.29, 1.82) is 0 Å². The number of amides is 2. The lowest BCUT2D eigenvalue weighted by Gasteiger charge is -2.41. The van der Waals surface area contributed by atoms with Crippen molar-refractivity contribution < 1.29 is 9.59 Å². The third-order valence-corrected chi connectivity index (χ3v) is 7.12. The summed E-state index contributed by atoms with van der Waals surface area (Å²) in [6, 6.07) is 7.95. The zero-order chi connectivity index (χ0) is 20.2. The van der Waals surface area contributed by atoms with Gasteiger partial charge in [0.2, 0.25) is 11.8 Å². The first-order chi connectivity index (χ1) is 14.1. The van der Waals surface area contributed by atoms with Gasteiger partial charge >= 0.3 is 0 Å². The summed E-state index contributed by atoms with van der Waals surface area (Å²) >= 11 is 0. The summed E-state index contributed by atoms with van der Waals surface area (Å²) < 4.78 is 0. The number of nitrogens with zero attached hydrogens (tertiary/aromatic N) is 2. The average molecular weight is 398 g/mol. The highest BCUT2D eigenvalue weighted by atomic mass is 16.2. The lowest BCUT2D eigenvalue weighted by molar-refractivity contribution is -0.138. The number of nitrogens with one attached hydrogen (secondary N) is 1. The number of rotatable bonds is 5. The highest BCUT2D eigenvalue weighted by Gasteiger charge is 2.38. The number of carbonyl (C=O) groups is 2. The van der Waals surface area contributed by atoms with Crippen molar-refractivity contribution in [3.05, 3.63) is 29.8 Å². The van der Waals surface area contributed by atoms with Gasteiger partial charge in [0.25, 0.3) is 0 Å². The van der Waals surface area contributed by atoms with Gasteiger partial charge in [-0.3, -0.25) is 14.5 Å². The minimum atomic E-state index is -0.0817. The van der Waals surface area contributed by atoms with Crippen LogP contribution >= 0.6 is 0 Å². The van der Waals surface area contributed by atoms with Gasteiger partial charge in [0.05, 0.1) is 6.04 Å². The Bertz CT molecular complexity index is 715. The van der Waals surface area contributed by atoms with E-state index in [1.54, 1.807) is 0 Å². The largest absolute Gasteiger partial charge is 0.340 e. The Kier molecular flexibility index (Phi) is 6.53. The molecule has 1 aliphatic heterocycles. The number of piperazine rings is 1. The molecule has 0 bridgehead atoms. The molecule has 2 amide bonds. The fourth-order valence-corrected chi connectivity index (χ4v) is 5.54. The van der Waals surface area contributed by atoms with E-state index in [4.69, 9.17) is 0 Å². The molecule has 1 aromatic carbocycles. The predicted molar refractivity (Wildman–Crippen MR) is 116 cm³/mol. The Balaban J connectivity index is 1.40. The van der Waals surface area contributed by atoms with Crippen molar-refractivity contribution in [2.45, 2.75) is 64.3 Å². The van der Waals surface area contributed by atoms with E-state index < -0.39 is 0 Å². The highest BCUT2D eigenvalue weighted by Crippen LogP contribution is 2.32. The lowest BCUT2D eigenvalue weighted by atomic mass is 9.94. The normalized spacial score (nSPS) is 22.7. The molecule has 1 heterocycles. The molecule has 0 spiro atoms. The van der Waals surface area contributed by atoms with Gasteiger partial charge in [0, 0.05) is 37.8 Å². The van der Waals surface area contributed by atoms with Crippen molar-refractivity contribution in [3.8, 4) is 0 Å². The van der Waals surface area contributed by atoms with Crippen LogP contribution in [0.1, 0.15) is 56.9 Å². The van der Waals surface area contributed by atoms with Crippen LogP contribution in [0.5, 0.6) is 0 Å². The molecule has 3 aliphatic rings. The first-order valence-electron chi connectivity index (χ1n) is 11.5. The van der Waals surface area contributed by atoms with Crippen molar-refractivity contribution in [2.24, 2.45) is 11.8 Å². The van der Waals surface area contributed by atoms with E-state index >= 15 is 0 Å². The first kappa shape index (κ1) is 20.4. The van der Waals surface area contributed by atoms with E-state index in [-0.39, 0.29) is 17.9 Å². The molecule has 2 saturated carbocycles. The fourth-order valence-electron chi connectivity index (χ4n) is 5.54. The second-order valence-corrected chi connectivity index (χ2v) is 9.19. The Morgan fingerprint density at radius 2 is 1.62 bits per heavy atom. The zero-order valence-corrected chi connectivity index (χ0v) is 17.7. The molecule has 0 radical (unpaired) electrons. The molecule has 158 valence electrons. The molecule has 1 aromatic rings. The maximum atomic E-state index is 13.3. The van der Waals surface area contributed by atoms with Crippen molar-refractivity contribution >= 4 is 17.5 Å². The number of hydrogen-bond donors (Lipinski definition) is 1. The second-order valence-electron chi connectivity index (χ2n) is 9.19. The third-order valence-electron chi connectivity index (χ3n) is 7.12. The van der Waals surface area contributed by atoms with Gasteiger partial charge in [-0.05, 0) is 56.2 Å². The number of aryl methyl sites for hydroxylation is 1. The Morgan fingerprint density at radius 3 is 2.28 bits per heavy atom. The number of hydrogen-bond acceptors (Lipinski definition) is 3. The molecule has 29 heavy (non-hydrogen) atoms. The van der Waals surface area contributed by atoms with Gasteiger partial charge in [-0.2, -0.15) is 0 Å². The van der Waals surface area contributed by atoms with Crippen LogP contribution in [0, 0.1) is 18.8 Å². The molecule has 5 nitrogen and oxygen atoms in total. The van der Waals surface area contributed by atoms with E-state index in [0.717, 1.165) is 63.1 Å². The molecule has 1 unspecified atom stereocenters. The summed E-state index contributed by atoms with van der Waals surface area (Å²) in [4.78, 5) is 30.5. The van der Waals surface area contributed by atoms with E-state index in [1.807, 2.05) is 31.2 Å².